The molecule has 0 unspecified atom stereocenters. The third-order valence-corrected chi connectivity index (χ3v) is 5.69. The molecule has 0 bridgehead atoms. The van der Waals surface area contributed by atoms with Crippen LogP contribution in [0.3, 0.4) is 0 Å². The molecule has 0 saturated heterocycles. The lowest BCUT2D eigenvalue weighted by atomic mass is 9.92. The fourth-order valence-electron chi connectivity index (χ4n) is 3.83. The number of anilines is 2. The lowest BCUT2D eigenvalue weighted by Crippen LogP contribution is -2.33. The molecule has 2 heterocycles. The van der Waals surface area contributed by atoms with Gasteiger partial charge in [0, 0.05) is 30.4 Å². The van der Waals surface area contributed by atoms with Crippen molar-refractivity contribution in [3.8, 4) is 0 Å². The normalized spacial score (nSPS) is 19.4. The molecule has 0 atom stereocenters. The van der Waals surface area contributed by atoms with Gasteiger partial charge in [0.2, 0.25) is 5.95 Å². The Morgan fingerprint density at radius 1 is 1.17 bits per heavy atom. The number of aromatic nitrogens is 4. The van der Waals surface area contributed by atoms with Gasteiger partial charge in [-0.2, -0.15) is 9.97 Å². The summed E-state index contributed by atoms with van der Waals surface area (Å²) >= 11 is 6.69. The van der Waals surface area contributed by atoms with Gasteiger partial charge in [0.25, 0.3) is 0 Å². The van der Waals surface area contributed by atoms with Crippen LogP contribution in [0.25, 0.3) is 11.2 Å². The molecule has 1 aliphatic rings. The third kappa shape index (κ3) is 4.62. The first kappa shape index (κ1) is 19.9. The van der Waals surface area contributed by atoms with E-state index in [0.29, 0.717) is 30.4 Å². The van der Waals surface area contributed by atoms with Crippen molar-refractivity contribution >= 4 is 34.7 Å². The number of imidazole rings is 1. The van der Waals surface area contributed by atoms with Gasteiger partial charge in [0.1, 0.15) is 0 Å². The van der Waals surface area contributed by atoms with E-state index in [1.165, 1.54) is 0 Å². The minimum Gasteiger partial charge on any atom is -0.351 e. The Bertz CT molecular complexity index is 935. The summed E-state index contributed by atoms with van der Waals surface area (Å²) in [6, 6.07) is 10.7. The summed E-state index contributed by atoms with van der Waals surface area (Å²) in [4.78, 5) is 14.1. The Hall–Kier alpha value is -2.38. The Morgan fingerprint density at radius 3 is 2.66 bits per heavy atom. The zero-order valence-electron chi connectivity index (χ0n) is 16.8. The van der Waals surface area contributed by atoms with E-state index < -0.39 is 0 Å². The van der Waals surface area contributed by atoms with Gasteiger partial charge in [0.05, 0.1) is 12.9 Å². The van der Waals surface area contributed by atoms with Gasteiger partial charge < -0.3 is 15.6 Å². The van der Waals surface area contributed by atoms with E-state index in [4.69, 9.17) is 27.5 Å². The summed E-state index contributed by atoms with van der Waals surface area (Å²) in [5.41, 5.74) is 8.69. The van der Waals surface area contributed by atoms with Crippen molar-refractivity contribution < 1.29 is 0 Å². The van der Waals surface area contributed by atoms with Crippen LogP contribution in [-0.4, -0.2) is 31.6 Å². The molecular formula is C21H28ClN7. The maximum absolute atomic E-state index is 6.69. The first-order valence-electron chi connectivity index (χ1n) is 10.4. The third-order valence-electron chi connectivity index (χ3n) is 5.41. The standard InChI is InChI=1S/C21H28ClN7/c1-2-12-28-14-24-18-19(28)26-21(25-17-10-8-16(23)9-11-17)27-20(18)29(22)13-15-6-4-3-5-7-15/h3-7,14,16-17H,2,8-13,23H2,1H3,(H,25,26,27). The zero-order valence-corrected chi connectivity index (χ0v) is 17.5. The van der Waals surface area contributed by atoms with Gasteiger partial charge in [-0.1, -0.05) is 37.3 Å². The van der Waals surface area contributed by atoms with E-state index >= 15 is 0 Å². The number of aryl methyl sites for hydroxylation is 1. The van der Waals surface area contributed by atoms with Gasteiger partial charge in [-0.15, -0.1) is 0 Å². The minimum atomic E-state index is 0.308. The lowest BCUT2D eigenvalue weighted by molar-refractivity contribution is 0.410. The maximum atomic E-state index is 6.69. The molecule has 0 amide bonds. The number of nitrogens with one attached hydrogen (secondary N) is 1. The number of fused-ring (bicyclic) bond motifs is 1. The second-order valence-electron chi connectivity index (χ2n) is 7.74. The smallest absolute Gasteiger partial charge is 0.227 e. The van der Waals surface area contributed by atoms with Crippen LogP contribution in [0.15, 0.2) is 36.7 Å². The predicted molar refractivity (Wildman–Crippen MR) is 118 cm³/mol. The van der Waals surface area contributed by atoms with E-state index in [0.717, 1.165) is 55.4 Å². The predicted octanol–water partition coefficient (Wildman–Crippen LogP) is 4.08. The van der Waals surface area contributed by atoms with Crippen LogP contribution in [0, 0.1) is 0 Å². The van der Waals surface area contributed by atoms with Crippen LogP contribution in [0.1, 0.15) is 44.6 Å². The van der Waals surface area contributed by atoms with Crippen molar-refractivity contribution in [3.63, 3.8) is 0 Å². The highest BCUT2D eigenvalue weighted by Gasteiger charge is 2.22. The lowest BCUT2D eigenvalue weighted by Gasteiger charge is -2.27. The summed E-state index contributed by atoms with van der Waals surface area (Å²) in [6.45, 7) is 3.53. The highest BCUT2D eigenvalue weighted by Crippen LogP contribution is 2.28. The molecule has 8 heteroatoms. The molecule has 1 fully saturated rings. The Kier molecular flexibility index (Phi) is 6.16. The largest absolute Gasteiger partial charge is 0.351 e. The van der Waals surface area contributed by atoms with Crippen LogP contribution in [0.2, 0.25) is 0 Å². The van der Waals surface area contributed by atoms with E-state index in [2.05, 4.69) is 21.8 Å². The Morgan fingerprint density at radius 2 is 1.93 bits per heavy atom. The molecular weight excluding hydrogens is 386 g/mol. The van der Waals surface area contributed by atoms with Gasteiger partial charge >= 0.3 is 0 Å². The summed E-state index contributed by atoms with van der Waals surface area (Å²) < 4.78 is 3.69. The Labute approximate surface area is 176 Å². The zero-order chi connectivity index (χ0) is 20.2. The van der Waals surface area contributed by atoms with Gasteiger partial charge in [-0.3, -0.25) is 4.42 Å². The molecule has 3 N–H and O–H groups in total. The average molecular weight is 414 g/mol. The summed E-state index contributed by atoms with van der Waals surface area (Å²) in [5.74, 6) is 1.23. The number of nitrogens with zero attached hydrogens (tertiary/aromatic N) is 5. The maximum Gasteiger partial charge on any atom is 0.227 e. The monoisotopic (exact) mass is 413 g/mol. The fourth-order valence-corrected chi connectivity index (χ4v) is 4.09. The highest BCUT2D eigenvalue weighted by atomic mass is 35.5. The van der Waals surface area contributed by atoms with Crippen molar-refractivity contribution in [2.45, 2.75) is 64.2 Å². The van der Waals surface area contributed by atoms with Crippen molar-refractivity contribution in [3.05, 3.63) is 42.2 Å². The van der Waals surface area contributed by atoms with Gasteiger partial charge in [-0.25, -0.2) is 4.98 Å². The number of nitrogens with two attached hydrogens (primary N) is 1. The molecule has 29 heavy (non-hydrogen) atoms. The number of hydrogen-bond acceptors (Lipinski definition) is 6. The number of benzene rings is 1. The molecule has 1 aromatic carbocycles. The topological polar surface area (TPSA) is 84.9 Å². The number of rotatable bonds is 7. The SMILES string of the molecule is CCCn1cnc2c(N(Cl)Cc3ccccc3)nc(NC3CCC(N)CC3)nc21. The van der Waals surface area contributed by atoms with Gasteiger partial charge in [-0.05, 0) is 37.7 Å². The molecule has 0 radical (unpaired) electrons. The quantitative estimate of drug-likeness (QED) is 0.568. The minimum absolute atomic E-state index is 0.308. The van der Waals surface area contributed by atoms with E-state index in [-0.39, 0.29) is 0 Å². The van der Waals surface area contributed by atoms with Crippen LogP contribution < -0.4 is 15.5 Å². The van der Waals surface area contributed by atoms with Crippen molar-refractivity contribution in [2.75, 3.05) is 9.74 Å². The number of halogens is 1. The van der Waals surface area contributed by atoms with E-state index in [1.807, 2.05) is 36.7 Å². The van der Waals surface area contributed by atoms with Crippen LogP contribution in [-0.2, 0) is 13.1 Å². The molecule has 1 aliphatic carbocycles. The molecule has 2 aromatic heterocycles. The summed E-state index contributed by atoms with van der Waals surface area (Å²) in [7, 11) is 0. The van der Waals surface area contributed by atoms with Crippen LogP contribution in [0.4, 0.5) is 11.8 Å². The van der Waals surface area contributed by atoms with Crippen molar-refractivity contribution in [1.29, 1.82) is 0 Å². The molecule has 0 aliphatic heterocycles. The molecule has 4 rings (SSSR count). The first-order valence-corrected chi connectivity index (χ1v) is 10.7. The molecule has 7 nitrogen and oxygen atoms in total. The van der Waals surface area contributed by atoms with Crippen LogP contribution in [0.5, 0.6) is 0 Å². The van der Waals surface area contributed by atoms with E-state index in [9.17, 15) is 0 Å². The van der Waals surface area contributed by atoms with Gasteiger partial charge in [0.15, 0.2) is 17.0 Å². The molecule has 1 saturated carbocycles. The second kappa shape index (κ2) is 8.97. The number of hydrogen-bond donors (Lipinski definition) is 2. The molecule has 3 aromatic rings. The first-order chi connectivity index (χ1) is 14.1. The molecule has 154 valence electrons. The van der Waals surface area contributed by atoms with Crippen LogP contribution >= 0.6 is 11.8 Å². The highest BCUT2D eigenvalue weighted by molar-refractivity contribution is 6.26. The van der Waals surface area contributed by atoms with E-state index in [1.54, 1.807) is 4.42 Å². The van der Waals surface area contributed by atoms with Crippen molar-refractivity contribution in [2.24, 2.45) is 5.73 Å². The van der Waals surface area contributed by atoms with Crippen molar-refractivity contribution in [1.82, 2.24) is 19.5 Å². The summed E-state index contributed by atoms with van der Waals surface area (Å²) in [5, 5.41) is 3.51. The fraction of sp³-hybridized carbons (Fsp3) is 0.476. The second-order valence-corrected chi connectivity index (χ2v) is 8.15. The summed E-state index contributed by atoms with van der Waals surface area (Å²) in [6.07, 6.45) is 6.93. The Balaban J connectivity index is 1.65. The molecule has 0 spiro atoms. The average Bonchev–Trinajstić information content (AvgIpc) is 3.13.